The van der Waals surface area contributed by atoms with Gasteiger partial charge in [-0.1, -0.05) is 12.1 Å². The number of carbonyl (C=O) groups excluding carboxylic acids is 2. The highest BCUT2D eigenvalue weighted by Gasteiger charge is 2.45. The Morgan fingerprint density at radius 3 is 2.61 bits per heavy atom. The molecule has 2 aliphatic heterocycles. The molecule has 12 nitrogen and oxygen atoms in total. The molecule has 2 aromatic carbocycles. The Morgan fingerprint density at radius 1 is 0.980 bits per heavy atom. The van der Waals surface area contributed by atoms with E-state index in [9.17, 15) is 9.59 Å². The Morgan fingerprint density at radius 2 is 1.84 bits per heavy atom. The maximum Gasteiger partial charge on any atom is 0.258 e. The van der Waals surface area contributed by atoms with Crippen molar-refractivity contribution in [1.29, 1.82) is 0 Å². The third kappa shape index (κ3) is 6.60. The van der Waals surface area contributed by atoms with E-state index in [-0.39, 0.29) is 18.4 Å². The topological polar surface area (TPSA) is 138 Å². The molecule has 1 aliphatic carbocycles. The second-order valence-corrected chi connectivity index (χ2v) is 13.5. The monoisotopic (exact) mass is 684 g/mol. The van der Waals surface area contributed by atoms with Crippen molar-refractivity contribution in [2.45, 2.75) is 37.2 Å². The number of ether oxygens (including phenoxy) is 2. The minimum absolute atomic E-state index is 0.0330. The van der Waals surface area contributed by atoms with E-state index in [2.05, 4.69) is 48.7 Å². The SMILES string of the molecule is COc1cc(C2=CCN(C(=O)CN3CC[C@@](OC)(C(=O)Nc4ccc5[nH]nc(-c6ccnc(C7CC7)c6)c5c4)C3)CC2)ccc1-c1ncccn1. The molecule has 12 heteroatoms. The van der Waals surface area contributed by atoms with Gasteiger partial charge in [-0.25, -0.2) is 9.97 Å². The summed E-state index contributed by atoms with van der Waals surface area (Å²) in [6, 6.07) is 17.6. The standard InChI is InChI=1S/C39H40N8O4/c1-50-34-21-27(6-8-30(34)37-41-14-3-15-42-37)25-11-17-47(18-12-25)35(48)23-46-19-13-39(24-46,51-2)38(49)43-29-7-9-32-31(22-29)36(45-44-32)28-10-16-40-33(20-28)26-4-5-26/h3,6-11,14-16,20-22,26H,4-5,12-13,17-19,23-24H2,1-2H3,(H,43,49)(H,44,45)/t39-/m0/s1. The molecule has 3 aliphatic rings. The highest BCUT2D eigenvalue weighted by molar-refractivity contribution is 6.01. The second kappa shape index (κ2) is 13.7. The summed E-state index contributed by atoms with van der Waals surface area (Å²) in [7, 11) is 3.21. The molecule has 2 amide bonds. The number of fused-ring (bicyclic) bond motifs is 1. The second-order valence-electron chi connectivity index (χ2n) is 13.5. The first-order valence-corrected chi connectivity index (χ1v) is 17.4. The van der Waals surface area contributed by atoms with Gasteiger partial charge in [-0.15, -0.1) is 0 Å². The molecule has 1 saturated carbocycles. The molecule has 0 radical (unpaired) electrons. The van der Waals surface area contributed by atoms with Gasteiger partial charge in [-0.2, -0.15) is 5.10 Å². The number of aromatic nitrogens is 5. The Balaban J connectivity index is 0.895. The predicted molar refractivity (Wildman–Crippen MR) is 194 cm³/mol. The van der Waals surface area contributed by atoms with Crippen molar-refractivity contribution in [1.82, 2.24) is 34.9 Å². The van der Waals surface area contributed by atoms with Gasteiger partial charge in [-0.05, 0) is 85.4 Å². The lowest BCUT2D eigenvalue weighted by Gasteiger charge is -2.30. The molecule has 0 bridgehead atoms. The number of methoxy groups -OCH3 is 2. The predicted octanol–water partition coefficient (Wildman–Crippen LogP) is 5.31. The zero-order valence-electron chi connectivity index (χ0n) is 28.8. The van der Waals surface area contributed by atoms with E-state index in [1.54, 1.807) is 32.7 Å². The Bertz CT molecular complexity index is 2130. The van der Waals surface area contributed by atoms with E-state index in [4.69, 9.17) is 9.47 Å². The first kappa shape index (κ1) is 32.7. The van der Waals surface area contributed by atoms with Gasteiger partial charge >= 0.3 is 0 Å². The number of pyridine rings is 1. The van der Waals surface area contributed by atoms with Gasteiger partial charge in [0.1, 0.15) is 11.4 Å². The number of hydrogen-bond acceptors (Lipinski definition) is 9. The minimum Gasteiger partial charge on any atom is -0.496 e. The summed E-state index contributed by atoms with van der Waals surface area (Å²) in [6.45, 7) is 2.26. The van der Waals surface area contributed by atoms with Gasteiger partial charge in [-0.3, -0.25) is 24.6 Å². The zero-order valence-corrected chi connectivity index (χ0v) is 28.8. The Labute approximate surface area is 295 Å². The number of anilines is 1. The maximum absolute atomic E-state index is 13.8. The smallest absolute Gasteiger partial charge is 0.258 e. The lowest BCUT2D eigenvalue weighted by atomic mass is 9.97. The van der Waals surface area contributed by atoms with Gasteiger partial charge in [0.2, 0.25) is 5.91 Å². The first-order chi connectivity index (χ1) is 24.9. The van der Waals surface area contributed by atoms with Crippen LogP contribution in [0, 0.1) is 0 Å². The fraction of sp³-hybridized carbons (Fsp3) is 0.333. The van der Waals surface area contributed by atoms with E-state index < -0.39 is 5.60 Å². The van der Waals surface area contributed by atoms with Crippen LogP contribution in [0.15, 0.2) is 79.3 Å². The number of amides is 2. The molecular weight excluding hydrogens is 644 g/mol. The number of nitrogens with zero attached hydrogens (tertiary/aromatic N) is 6. The molecule has 1 saturated heterocycles. The van der Waals surface area contributed by atoms with Crippen LogP contribution in [0.25, 0.3) is 39.1 Å². The summed E-state index contributed by atoms with van der Waals surface area (Å²) in [5.74, 6) is 1.66. The van der Waals surface area contributed by atoms with Gasteiger partial charge in [0.05, 0.1) is 24.7 Å². The summed E-state index contributed by atoms with van der Waals surface area (Å²) < 4.78 is 11.6. The molecule has 51 heavy (non-hydrogen) atoms. The number of hydrogen-bond donors (Lipinski definition) is 2. The van der Waals surface area contributed by atoms with Gasteiger partial charge in [0.25, 0.3) is 5.91 Å². The Kier molecular flexibility index (Phi) is 8.78. The van der Waals surface area contributed by atoms with Crippen molar-refractivity contribution in [3.63, 3.8) is 0 Å². The number of carbonyl (C=O) groups is 2. The molecule has 1 atom stereocenters. The van der Waals surface area contributed by atoms with Crippen LogP contribution in [-0.4, -0.2) is 99.3 Å². The molecule has 0 spiro atoms. The fourth-order valence-corrected chi connectivity index (χ4v) is 7.16. The molecule has 5 heterocycles. The molecule has 2 fully saturated rings. The normalized spacial score (nSPS) is 19.3. The number of H-pyrrole nitrogens is 1. The quantitative estimate of drug-likeness (QED) is 0.200. The van der Waals surface area contributed by atoms with E-state index in [1.807, 2.05) is 52.4 Å². The van der Waals surface area contributed by atoms with Crippen LogP contribution in [0.3, 0.4) is 0 Å². The number of benzene rings is 2. The summed E-state index contributed by atoms with van der Waals surface area (Å²) >= 11 is 0. The summed E-state index contributed by atoms with van der Waals surface area (Å²) in [4.78, 5) is 44.3. The van der Waals surface area contributed by atoms with Crippen molar-refractivity contribution in [2.24, 2.45) is 0 Å². The molecule has 5 aromatic rings. The molecule has 260 valence electrons. The third-order valence-corrected chi connectivity index (χ3v) is 10.3. The number of nitrogens with one attached hydrogen (secondary N) is 2. The third-order valence-electron chi connectivity index (χ3n) is 10.3. The zero-order chi connectivity index (χ0) is 35.0. The maximum atomic E-state index is 13.8. The molecule has 2 N–H and O–H groups in total. The van der Waals surface area contributed by atoms with Crippen LogP contribution >= 0.6 is 0 Å². The molecule has 3 aromatic heterocycles. The van der Waals surface area contributed by atoms with Crippen LogP contribution in [0.4, 0.5) is 5.69 Å². The minimum atomic E-state index is -1.07. The average Bonchev–Trinajstić information content (AvgIpc) is 3.82. The Hall–Kier alpha value is -5.46. The molecular formula is C39H40N8O4. The van der Waals surface area contributed by atoms with Crippen LogP contribution in [0.2, 0.25) is 0 Å². The van der Waals surface area contributed by atoms with Crippen molar-refractivity contribution >= 4 is 34.0 Å². The van der Waals surface area contributed by atoms with Crippen molar-refractivity contribution < 1.29 is 19.1 Å². The summed E-state index contributed by atoms with van der Waals surface area (Å²) in [6.07, 6.45) is 10.9. The number of rotatable bonds is 10. The van der Waals surface area contributed by atoms with Crippen molar-refractivity contribution in [3.05, 3.63) is 90.5 Å². The summed E-state index contributed by atoms with van der Waals surface area (Å²) in [5.41, 5.74) is 6.46. The van der Waals surface area contributed by atoms with Gasteiger partial charge in [0, 0.05) is 80.1 Å². The van der Waals surface area contributed by atoms with Crippen LogP contribution in [0.1, 0.15) is 42.9 Å². The highest BCUT2D eigenvalue weighted by atomic mass is 16.5. The van der Waals surface area contributed by atoms with Crippen LogP contribution < -0.4 is 10.1 Å². The van der Waals surface area contributed by atoms with Crippen LogP contribution in [-0.2, 0) is 14.3 Å². The van der Waals surface area contributed by atoms with E-state index >= 15 is 0 Å². The van der Waals surface area contributed by atoms with E-state index in [0.717, 1.165) is 45.4 Å². The number of likely N-dealkylation sites (tertiary alicyclic amines) is 1. The molecule has 8 rings (SSSR count). The number of aromatic amines is 1. The van der Waals surface area contributed by atoms with Crippen molar-refractivity contribution in [3.8, 4) is 28.4 Å². The lowest BCUT2D eigenvalue weighted by molar-refractivity contribution is -0.138. The van der Waals surface area contributed by atoms with Gasteiger partial charge in [0.15, 0.2) is 11.4 Å². The molecule has 0 unspecified atom stereocenters. The highest BCUT2D eigenvalue weighted by Crippen LogP contribution is 2.40. The van der Waals surface area contributed by atoms with E-state index in [0.29, 0.717) is 55.8 Å². The summed E-state index contributed by atoms with van der Waals surface area (Å²) in [5, 5.41) is 11.7. The fourth-order valence-electron chi connectivity index (χ4n) is 7.16. The lowest BCUT2D eigenvalue weighted by Crippen LogP contribution is -2.48. The largest absolute Gasteiger partial charge is 0.496 e. The first-order valence-electron chi connectivity index (χ1n) is 17.4. The van der Waals surface area contributed by atoms with E-state index in [1.165, 1.54) is 18.4 Å². The average molecular weight is 685 g/mol. The van der Waals surface area contributed by atoms with Crippen LogP contribution in [0.5, 0.6) is 5.75 Å². The van der Waals surface area contributed by atoms with Crippen molar-refractivity contribution in [2.75, 3.05) is 52.3 Å². The van der Waals surface area contributed by atoms with Gasteiger partial charge < -0.3 is 19.7 Å².